The zero-order valence-electron chi connectivity index (χ0n) is 19.0. The van der Waals surface area contributed by atoms with Gasteiger partial charge in [-0.1, -0.05) is 66.7 Å². The van der Waals surface area contributed by atoms with Crippen LogP contribution in [-0.4, -0.2) is 55.5 Å². The molecule has 1 heterocycles. The van der Waals surface area contributed by atoms with Crippen molar-refractivity contribution >= 4 is 12.0 Å². The van der Waals surface area contributed by atoms with Crippen LogP contribution in [0.15, 0.2) is 78.9 Å². The first kappa shape index (κ1) is 22.6. The molecule has 1 aliphatic heterocycles. The molecule has 2 amide bonds. The molecule has 0 saturated carbocycles. The molecule has 1 atom stereocenters. The molecule has 33 heavy (non-hydrogen) atoms. The van der Waals surface area contributed by atoms with E-state index >= 15 is 0 Å². The van der Waals surface area contributed by atoms with Crippen LogP contribution in [0.1, 0.15) is 27.6 Å². The van der Waals surface area contributed by atoms with Crippen molar-refractivity contribution in [3.63, 3.8) is 0 Å². The standard InChI is InChI=1S/C27H29N3O3/c1-29(2)17-16-28-26(31)24-14-12-22(13-15-24)21-10-8-20(9-11-21)18-30-19-25(33-27(30)32)23-6-4-3-5-7-23/h3-15,25H,16-19H2,1-2H3,(H,28,31). The fourth-order valence-electron chi connectivity index (χ4n) is 3.81. The van der Waals surface area contributed by atoms with Gasteiger partial charge in [-0.05, 0) is 48.5 Å². The average Bonchev–Trinajstić information content (AvgIpc) is 3.20. The molecule has 1 aliphatic rings. The van der Waals surface area contributed by atoms with Crippen molar-refractivity contribution in [2.45, 2.75) is 12.6 Å². The third kappa shape index (κ3) is 5.79. The van der Waals surface area contributed by atoms with Crippen LogP contribution in [-0.2, 0) is 11.3 Å². The minimum atomic E-state index is -0.285. The lowest BCUT2D eigenvalue weighted by atomic mass is 10.0. The molecule has 4 rings (SSSR count). The van der Waals surface area contributed by atoms with Crippen molar-refractivity contribution in [1.82, 2.24) is 15.1 Å². The lowest BCUT2D eigenvalue weighted by Gasteiger charge is -2.13. The number of carbonyl (C=O) groups is 2. The van der Waals surface area contributed by atoms with E-state index in [0.29, 0.717) is 25.2 Å². The maximum Gasteiger partial charge on any atom is 0.410 e. The topological polar surface area (TPSA) is 61.9 Å². The van der Waals surface area contributed by atoms with Crippen LogP contribution in [0.25, 0.3) is 11.1 Å². The molecule has 0 aliphatic carbocycles. The summed E-state index contributed by atoms with van der Waals surface area (Å²) in [5.41, 5.74) is 4.80. The number of ether oxygens (including phenoxy) is 1. The molecule has 1 saturated heterocycles. The van der Waals surface area contributed by atoms with Crippen molar-refractivity contribution < 1.29 is 14.3 Å². The number of hydrogen-bond acceptors (Lipinski definition) is 4. The summed E-state index contributed by atoms with van der Waals surface area (Å²) in [6, 6.07) is 25.6. The molecule has 1 fully saturated rings. The van der Waals surface area contributed by atoms with Crippen molar-refractivity contribution in [1.29, 1.82) is 0 Å². The molecule has 0 radical (unpaired) electrons. The maximum absolute atomic E-state index is 12.3. The number of benzene rings is 3. The number of cyclic esters (lactones) is 1. The number of carbonyl (C=O) groups excluding carboxylic acids is 2. The summed E-state index contributed by atoms with van der Waals surface area (Å²) in [4.78, 5) is 28.3. The van der Waals surface area contributed by atoms with Gasteiger partial charge in [0, 0.05) is 25.2 Å². The molecule has 6 heteroatoms. The van der Waals surface area contributed by atoms with Crippen LogP contribution in [0.2, 0.25) is 0 Å². The van der Waals surface area contributed by atoms with Crippen LogP contribution in [0, 0.1) is 0 Å². The molecule has 3 aromatic carbocycles. The number of nitrogens with one attached hydrogen (secondary N) is 1. The number of rotatable bonds is 8. The molecule has 170 valence electrons. The molecule has 0 bridgehead atoms. The minimum Gasteiger partial charge on any atom is -0.439 e. The first-order chi connectivity index (χ1) is 16.0. The molecule has 0 spiro atoms. The number of hydrogen-bond donors (Lipinski definition) is 1. The van der Waals surface area contributed by atoms with Gasteiger partial charge >= 0.3 is 6.09 Å². The molecule has 1 unspecified atom stereocenters. The monoisotopic (exact) mass is 443 g/mol. The van der Waals surface area contributed by atoms with E-state index < -0.39 is 0 Å². The number of nitrogens with zero attached hydrogens (tertiary/aromatic N) is 2. The van der Waals surface area contributed by atoms with Crippen LogP contribution in [0.5, 0.6) is 0 Å². The Morgan fingerprint density at radius 3 is 2.24 bits per heavy atom. The Balaban J connectivity index is 1.34. The molecular formula is C27H29N3O3. The van der Waals surface area contributed by atoms with Crippen LogP contribution >= 0.6 is 0 Å². The van der Waals surface area contributed by atoms with Gasteiger partial charge in [0.1, 0.15) is 6.10 Å². The fourth-order valence-corrected chi connectivity index (χ4v) is 3.81. The van der Waals surface area contributed by atoms with Gasteiger partial charge in [0.2, 0.25) is 0 Å². The summed E-state index contributed by atoms with van der Waals surface area (Å²) < 4.78 is 5.54. The summed E-state index contributed by atoms with van der Waals surface area (Å²) in [5, 5.41) is 2.93. The summed E-state index contributed by atoms with van der Waals surface area (Å²) in [7, 11) is 3.95. The van der Waals surface area contributed by atoms with Crippen molar-refractivity contribution in [3.05, 3.63) is 95.6 Å². The highest BCUT2D eigenvalue weighted by Gasteiger charge is 2.32. The van der Waals surface area contributed by atoms with Crippen molar-refractivity contribution in [2.75, 3.05) is 33.7 Å². The Labute approximate surface area is 194 Å². The van der Waals surface area contributed by atoms with E-state index in [0.717, 1.165) is 28.8 Å². The van der Waals surface area contributed by atoms with Crippen LogP contribution < -0.4 is 5.32 Å². The Kier molecular flexibility index (Phi) is 7.05. The lowest BCUT2D eigenvalue weighted by Crippen LogP contribution is -2.31. The Bertz CT molecular complexity index is 1080. The van der Waals surface area contributed by atoms with Gasteiger partial charge in [0.25, 0.3) is 5.91 Å². The van der Waals surface area contributed by atoms with Crippen molar-refractivity contribution in [3.8, 4) is 11.1 Å². The quantitative estimate of drug-likeness (QED) is 0.563. The second-order valence-corrected chi connectivity index (χ2v) is 8.50. The second-order valence-electron chi connectivity index (χ2n) is 8.50. The van der Waals surface area contributed by atoms with E-state index in [1.54, 1.807) is 4.90 Å². The third-order valence-corrected chi connectivity index (χ3v) is 5.71. The van der Waals surface area contributed by atoms with Gasteiger partial charge in [-0.25, -0.2) is 4.79 Å². The van der Waals surface area contributed by atoms with E-state index in [4.69, 9.17) is 4.74 Å². The second kappa shape index (κ2) is 10.3. The largest absolute Gasteiger partial charge is 0.439 e. The Morgan fingerprint density at radius 2 is 1.61 bits per heavy atom. The summed E-state index contributed by atoms with van der Waals surface area (Å²) in [6.45, 7) is 2.47. The van der Waals surface area contributed by atoms with E-state index in [9.17, 15) is 9.59 Å². The van der Waals surface area contributed by atoms with Crippen LogP contribution in [0.4, 0.5) is 4.79 Å². The zero-order chi connectivity index (χ0) is 23.2. The lowest BCUT2D eigenvalue weighted by molar-refractivity contribution is 0.0951. The first-order valence-electron chi connectivity index (χ1n) is 11.1. The summed E-state index contributed by atoms with van der Waals surface area (Å²) >= 11 is 0. The molecule has 3 aromatic rings. The third-order valence-electron chi connectivity index (χ3n) is 5.71. The van der Waals surface area contributed by atoms with E-state index in [2.05, 4.69) is 5.32 Å². The number of amides is 2. The highest BCUT2D eigenvalue weighted by atomic mass is 16.6. The normalized spacial score (nSPS) is 15.5. The summed E-state index contributed by atoms with van der Waals surface area (Å²) in [6.07, 6.45) is -0.510. The zero-order valence-corrected chi connectivity index (χ0v) is 19.0. The predicted molar refractivity (Wildman–Crippen MR) is 129 cm³/mol. The maximum atomic E-state index is 12.3. The van der Waals surface area contributed by atoms with Gasteiger partial charge in [-0.2, -0.15) is 0 Å². The first-order valence-corrected chi connectivity index (χ1v) is 11.1. The fraction of sp³-hybridized carbons (Fsp3) is 0.259. The van der Waals surface area contributed by atoms with E-state index in [1.807, 2.05) is 97.9 Å². The van der Waals surface area contributed by atoms with Gasteiger partial charge in [0.05, 0.1) is 6.54 Å². The van der Waals surface area contributed by atoms with Gasteiger partial charge in [-0.15, -0.1) is 0 Å². The SMILES string of the molecule is CN(C)CCNC(=O)c1ccc(-c2ccc(CN3CC(c4ccccc4)OC3=O)cc2)cc1. The highest BCUT2D eigenvalue weighted by molar-refractivity contribution is 5.94. The van der Waals surface area contributed by atoms with Gasteiger partial charge in [-0.3, -0.25) is 9.69 Å². The van der Waals surface area contributed by atoms with Crippen LogP contribution in [0.3, 0.4) is 0 Å². The predicted octanol–water partition coefficient (Wildman–Crippen LogP) is 4.34. The molecule has 1 N–H and O–H groups in total. The smallest absolute Gasteiger partial charge is 0.410 e. The van der Waals surface area contributed by atoms with Gasteiger partial charge < -0.3 is 15.0 Å². The summed E-state index contributed by atoms with van der Waals surface area (Å²) in [5.74, 6) is -0.0648. The van der Waals surface area contributed by atoms with Crippen molar-refractivity contribution in [2.24, 2.45) is 0 Å². The average molecular weight is 444 g/mol. The number of likely N-dealkylation sites (N-methyl/N-ethyl adjacent to an activating group) is 1. The molecule has 6 nitrogen and oxygen atoms in total. The van der Waals surface area contributed by atoms with Gasteiger partial charge in [0.15, 0.2) is 0 Å². The molecular weight excluding hydrogens is 414 g/mol. The van der Waals surface area contributed by atoms with E-state index in [1.165, 1.54) is 0 Å². The Hall–Kier alpha value is -3.64. The highest BCUT2D eigenvalue weighted by Crippen LogP contribution is 2.28. The van der Waals surface area contributed by atoms with E-state index in [-0.39, 0.29) is 18.1 Å². The Morgan fingerprint density at radius 1 is 0.970 bits per heavy atom. The minimum absolute atomic E-state index is 0.0648. The molecule has 0 aromatic heterocycles.